The Kier molecular flexibility index (Phi) is 7.60. The van der Waals surface area contributed by atoms with Crippen LogP contribution in [-0.2, 0) is 14.3 Å². The third kappa shape index (κ3) is 5.75. The van der Waals surface area contributed by atoms with Crippen molar-refractivity contribution in [2.45, 2.75) is 24.6 Å². The minimum absolute atomic E-state index is 0.194. The van der Waals surface area contributed by atoms with Crippen LogP contribution in [0.25, 0.3) is 11.1 Å². The highest BCUT2D eigenvalue weighted by Gasteiger charge is 2.43. The minimum Gasteiger partial charge on any atom is -0.480 e. The third-order valence-corrected chi connectivity index (χ3v) is 5.44. The number of fused-ring (bicyclic) bond motifs is 3. The Labute approximate surface area is 193 Å². The Morgan fingerprint density at radius 2 is 1.65 bits per heavy atom. The molecule has 0 saturated heterocycles. The van der Waals surface area contributed by atoms with Gasteiger partial charge in [-0.15, -0.1) is 6.58 Å². The quantitative estimate of drug-likeness (QED) is 0.535. The van der Waals surface area contributed by atoms with Crippen molar-refractivity contribution in [3.63, 3.8) is 0 Å². The molecule has 0 spiro atoms. The molecule has 10 heteroatoms. The Bertz CT molecular complexity index is 1040. The number of alkyl halides is 3. The van der Waals surface area contributed by atoms with Gasteiger partial charge in [-0.2, -0.15) is 13.2 Å². The van der Waals surface area contributed by atoms with Crippen molar-refractivity contribution in [1.29, 1.82) is 0 Å². The first kappa shape index (κ1) is 24.8. The van der Waals surface area contributed by atoms with E-state index in [1.54, 1.807) is 5.32 Å². The maximum atomic E-state index is 13.5. The molecule has 0 saturated carbocycles. The van der Waals surface area contributed by atoms with Crippen LogP contribution in [0.15, 0.2) is 61.2 Å². The normalized spacial score (nSPS) is 13.4. The zero-order valence-electron chi connectivity index (χ0n) is 18.0. The molecule has 2 N–H and O–H groups in total. The SMILES string of the molecule is C=CCN(CC(=O)O)C(=O)CC(NC(=O)OCC1c2ccccc2-c2ccccc21)C(F)(F)F. The average molecular weight is 476 g/mol. The molecule has 1 aliphatic carbocycles. The fraction of sp³-hybridized carbons (Fsp3) is 0.292. The number of rotatable bonds is 9. The van der Waals surface area contributed by atoms with E-state index in [0.29, 0.717) is 4.90 Å². The lowest BCUT2D eigenvalue weighted by atomic mass is 9.98. The molecule has 0 heterocycles. The first-order valence-corrected chi connectivity index (χ1v) is 10.4. The number of carbonyl (C=O) groups excluding carboxylic acids is 2. The number of amides is 2. The largest absolute Gasteiger partial charge is 0.480 e. The van der Waals surface area contributed by atoms with Gasteiger partial charge in [-0.1, -0.05) is 54.6 Å². The molecule has 0 radical (unpaired) electrons. The number of nitrogens with zero attached hydrogens (tertiary/aromatic N) is 1. The van der Waals surface area contributed by atoms with Gasteiger partial charge in [-0.25, -0.2) is 4.79 Å². The molecule has 3 rings (SSSR count). The number of alkyl carbamates (subject to hydrolysis) is 1. The van der Waals surface area contributed by atoms with E-state index in [-0.39, 0.29) is 19.1 Å². The van der Waals surface area contributed by atoms with Gasteiger partial charge in [0, 0.05) is 12.5 Å². The molecular formula is C24H23F3N2O5. The summed E-state index contributed by atoms with van der Waals surface area (Å²) in [6, 6.07) is 12.4. The Morgan fingerprint density at radius 3 is 2.15 bits per heavy atom. The van der Waals surface area contributed by atoms with Crippen molar-refractivity contribution < 1.29 is 37.4 Å². The summed E-state index contributed by atoms with van der Waals surface area (Å²) >= 11 is 0. The molecule has 2 amide bonds. The molecule has 180 valence electrons. The van der Waals surface area contributed by atoms with Gasteiger partial charge in [-0.3, -0.25) is 9.59 Å². The number of hydrogen-bond donors (Lipinski definition) is 2. The molecule has 34 heavy (non-hydrogen) atoms. The summed E-state index contributed by atoms with van der Waals surface area (Å²) in [4.78, 5) is 36.1. The van der Waals surface area contributed by atoms with Crippen LogP contribution in [0.4, 0.5) is 18.0 Å². The number of carbonyl (C=O) groups is 3. The molecule has 2 aromatic rings. The summed E-state index contributed by atoms with van der Waals surface area (Å²) in [5.41, 5.74) is 3.72. The summed E-state index contributed by atoms with van der Waals surface area (Å²) in [6.45, 7) is 2.13. The van der Waals surface area contributed by atoms with Crippen LogP contribution >= 0.6 is 0 Å². The Hall–Kier alpha value is -3.82. The number of hydrogen-bond acceptors (Lipinski definition) is 4. The lowest BCUT2D eigenvalue weighted by Crippen LogP contribution is -2.49. The van der Waals surface area contributed by atoms with Gasteiger partial charge in [-0.05, 0) is 22.3 Å². The summed E-state index contributed by atoms with van der Waals surface area (Å²) in [5.74, 6) is -2.82. The number of aliphatic carboxylic acids is 1. The van der Waals surface area contributed by atoms with Crippen LogP contribution in [0.2, 0.25) is 0 Å². The Morgan fingerprint density at radius 1 is 1.09 bits per heavy atom. The van der Waals surface area contributed by atoms with Gasteiger partial charge >= 0.3 is 18.2 Å². The van der Waals surface area contributed by atoms with Crippen LogP contribution in [0.5, 0.6) is 0 Å². The topological polar surface area (TPSA) is 95.9 Å². The molecule has 1 unspecified atom stereocenters. The second kappa shape index (κ2) is 10.4. The van der Waals surface area contributed by atoms with Gasteiger partial charge in [0.05, 0.1) is 6.42 Å². The number of halogens is 3. The lowest BCUT2D eigenvalue weighted by Gasteiger charge is -2.25. The van der Waals surface area contributed by atoms with Crippen LogP contribution in [0.3, 0.4) is 0 Å². The number of nitrogens with one attached hydrogen (secondary N) is 1. The fourth-order valence-electron chi connectivity index (χ4n) is 3.91. The van der Waals surface area contributed by atoms with E-state index in [4.69, 9.17) is 9.84 Å². The highest BCUT2D eigenvalue weighted by Crippen LogP contribution is 2.44. The van der Waals surface area contributed by atoms with Crippen molar-refractivity contribution in [3.8, 4) is 11.1 Å². The minimum atomic E-state index is -4.95. The molecular weight excluding hydrogens is 453 g/mol. The van der Waals surface area contributed by atoms with Gasteiger partial charge in [0.25, 0.3) is 0 Å². The number of carboxylic acids is 1. The summed E-state index contributed by atoms with van der Waals surface area (Å²) in [7, 11) is 0. The first-order valence-electron chi connectivity index (χ1n) is 10.4. The monoisotopic (exact) mass is 476 g/mol. The van der Waals surface area contributed by atoms with E-state index < -0.39 is 43.2 Å². The molecule has 0 fully saturated rings. The van der Waals surface area contributed by atoms with E-state index in [2.05, 4.69) is 6.58 Å². The predicted octanol–water partition coefficient (Wildman–Crippen LogP) is 3.95. The molecule has 0 aliphatic heterocycles. The van der Waals surface area contributed by atoms with Crippen molar-refractivity contribution in [2.75, 3.05) is 19.7 Å². The maximum absolute atomic E-state index is 13.5. The van der Waals surface area contributed by atoms with E-state index in [1.165, 1.54) is 6.08 Å². The number of ether oxygens (including phenoxy) is 1. The molecule has 0 bridgehead atoms. The molecule has 1 atom stereocenters. The fourth-order valence-corrected chi connectivity index (χ4v) is 3.91. The zero-order valence-corrected chi connectivity index (χ0v) is 18.0. The standard InChI is InChI=1S/C24H23F3N2O5/c1-2-11-29(13-22(31)32)21(30)12-20(24(25,26)27)28-23(33)34-14-19-17-9-5-3-7-15(17)16-8-4-6-10-18(16)19/h2-10,19-20H,1,11-14H2,(H,28,33)(H,31,32). The zero-order chi connectivity index (χ0) is 24.9. The van der Waals surface area contributed by atoms with E-state index >= 15 is 0 Å². The van der Waals surface area contributed by atoms with Gasteiger partial charge in [0.15, 0.2) is 0 Å². The van der Waals surface area contributed by atoms with E-state index in [1.807, 2.05) is 48.5 Å². The third-order valence-electron chi connectivity index (χ3n) is 5.44. The molecule has 0 aromatic heterocycles. The number of benzene rings is 2. The second-order valence-electron chi connectivity index (χ2n) is 7.72. The molecule has 7 nitrogen and oxygen atoms in total. The maximum Gasteiger partial charge on any atom is 0.409 e. The van der Waals surface area contributed by atoms with Crippen LogP contribution < -0.4 is 5.32 Å². The second-order valence-corrected chi connectivity index (χ2v) is 7.72. The van der Waals surface area contributed by atoms with Crippen LogP contribution in [0, 0.1) is 0 Å². The number of carboxylic acid groups (broad SMARTS) is 1. The highest BCUT2D eigenvalue weighted by atomic mass is 19.4. The Balaban J connectivity index is 1.67. The summed E-state index contributed by atoms with van der Waals surface area (Å²) in [5, 5.41) is 10.6. The average Bonchev–Trinajstić information content (AvgIpc) is 3.10. The van der Waals surface area contributed by atoms with Crippen LogP contribution in [-0.4, -0.2) is 59.9 Å². The van der Waals surface area contributed by atoms with Crippen molar-refractivity contribution in [1.82, 2.24) is 10.2 Å². The smallest absolute Gasteiger partial charge is 0.409 e. The van der Waals surface area contributed by atoms with Gasteiger partial charge < -0.3 is 20.1 Å². The van der Waals surface area contributed by atoms with Crippen molar-refractivity contribution in [3.05, 3.63) is 72.3 Å². The predicted molar refractivity (Wildman–Crippen MR) is 117 cm³/mol. The lowest BCUT2D eigenvalue weighted by molar-refractivity contribution is -0.164. The summed E-state index contributed by atoms with van der Waals surface area (Å²) in [6.07, 6.45) is -6.26. The van der Waals surface area contributed by atoms with Crippen molar-refractivity contribution >= 4 is 18.0 Å². The van der Waals surface area contributed by atoms with E-state index in [0.717, 1.165) is 22.3 Å². The van der Waals surface area contributed by atoms with Crippen LogP contribution in [0.1, 0.15) is 23.5 Å². The molecule has 2 aromatic carbocycles. The van der Waals surface area contributed by atoms with Gasteiger partial charge in [0.2, 0.25) is 5.91 Å². The highest BCUT2D eigenvalue weighted by molar-refractivity contribution is 5.82. The summed E-state index contributed by atoms with van der Waals surface area (Å²) < 4.78 is 45.7. The van der Waals surface area contributed by atoms with Crippen molar-refractivity contribution in [2.24, 2.45) is 0 Å². The first-order chi connectivity index (χ1) is 16.1. The molecule has 1 aliphatic rings. The van der Waals surface area contributed by atoms with E-state index in [9.17, 15) is 27.6 Å². The van der Waals surface area contributed by atoms with Gasteiger partial charge in [0.1, 0.15) is 19.2 Å².